The summed E-state index contributed by atoms with van der Waals surface area (Å²) in [5.74, 6) is -0.00400. The molecule has 1 fully saturated rings. The van der Waals surface area contributed by atoms with Gasteiger partial charge in [0.05, 0.1) is 13.2 Å². The summed E-state index contributed by atoms with van der Waals surface area (Å²) in [5.41, 5.74) is 0.984. The van der Waals surface area contributed by atoms with Crippen molar-refractivity contribution in [3.05, 3.63) is 52.0 Å². The van der Waals surface area contributed by atoms with E-state index in [-0.39, 0.29) is 11.9 Å². The molecule has 0 radical (unpaired) electrons. The minimum absolute atomic E-state index is 0.118. The highest BCUT2D eigenvalue weighted by atomic mass is 32.1. The Balaban J connectivity index is 1.96. The van der Waals surface area contributed by atoms with Gasteiger partial charge in [0.15, 0.2) is 11.6 Å². The van der Waals surface area contributed by atoms with Crippen LogP contribution in [0.1, 0.15) is 16.5 Å². The third kappa shape index (κ3) is 3.10. The maximum Gasteiger partial charge on any atom is 0.165 e. The minimum Gasteiger partial charge on any atom is -0.494 e. The lowest BCUT2D eigenvalue weighted by Gasteiger charge is -2.34. The van der Waals surface area contributed by atoms with Crippen molar-refractivity contribution in [2.75, 3.05) is 33.3 Å². The van der Waals surface area contributed by atoms with E-state index >= 15 is 0 Å². The monoisotopic (exact) mass is 306 g/mol. The molecule has 0 aliphatic carbocycles. The molecule has 3 rings (SSSR count). The average molecular weight is 306 g/mol. The third-order valence-electron chi connectivity index (χ3n) is 3.82. The van der Waals surface area contributed by atoms with Gasteiger partial charge in [-0.2, -0.15) is 0 Å². The van der Waals surface area contributed by atoms with Gasteiger partial charge in [-0.05, 0) is 29.1 Å². The van der Waals surface area contributed by atoms with Gasteiger partial charge in [-0.15, -0.1) is 11.3 Å². The molecule has 0 bridgehead atoms. The molecule has 1 aliphatic rings. The number of nitrogens with one attached hydrogen (secondary N) is 1. The Morgan fingerprint density at radius 3 is 2.71 bits per heavy atom. The lowest BCUT2D eigenvalue weighted by Crippen LogP contribution is -2.45. The maximum absolute atomic E-state index is 14.1. The SMILES string of the molecule is COc1ccc([C@@H](c2cccs2)N2CCNCC2)cc1F. The first-order valence-electron chi connectivity index (χ1n) is 7.11. The molecule has 0 unspecified atom stereocenters. The van der Waals surface area contributed by atoms with Crippen LogP contribution in [0.5, 0.6) is 5.75 Å². The van der Waals surface area contributed by atoms with E-state index < -0.39 is 0 Å². The number of nitrogens with zero attached hydrogens (tertiary/aromatic N) is 1. The average Bonchev–Trinajstić information content (AvgIpc) is 3.03. The van der Waals surface area contributed by atoms with Crippen LogP contribution in [0.25, 0.3) is 0 Å². The second-order valence-corrected chi connectivity index (χ2v) is 6.08. The van der Waals surface area contributed by atoms with E-state index in [4.69, 9.17) is 4.74 Å². The van der Waals surface area contributed by atoms with Crippen molar-refractivity contribution in [2.24, 2.45) is 0 Å². The van der Waals surface area contributed by atoms with Crippen molar-refractivity contribution >= 4 is 11.3 Å². The lowest BCUT2D eigenvalue weighted by molar-refractivity contribution is 0.200. The summed E-state index contributed by atoms with van der Waals surface area (Å²) in [4.78, 5) is 3.66. The van der Waals surface area contributed by atoms with Crippen LogP contribution in [0, 0.1) is 5.82 Å². The topological polar surface area (TPSA) is 24.5 Å². The predicted octanol–water partition coefficient (Wildman–Crippen LogP) is 2.89. The fraction of sp³-hybridized carbons (Fsp3) is 0.375. The summed E-state index contributed by atoms with van der Waals surface area (Å²) in [6.07, 6.45) is 0. The second kappa shape index (κ2) is 6.56. The van der Waals surface area contributed by atoms with E-state index in [0.717, 1.165) is 31.7 Å². The largest absolute Gasteiger partial charge is 0.494 e. The molecule has 3 nitrogen and oxygen atoms in total. The van der Waals surface area contributed by atoms with Gasteiger partial charge in [0.25, 0.3) is 0 Å². The summed E-state index contributed by atoms with van der Waals surface area (Å²) >= 11 is 1.72. The smallest absolute Gasteiger partial charge is 0.165 e. The Morgan fingerprint density at radius 1 is 1.29 bits per heavy atom. The van der Waals surface area contributed by atoms with Crippen molar-refractivity contribution < 1.29 is 9.13 Å². The van der Waals surface area contributed by atoms with Crippen LogP contribution in [0.2, 0.25) is 0 Å². The standard InChI is InChI=1S/C16H19FN2OS/c1-20-14-5-4-12(11-13(14)17)16(15-3-2-10-21-15)19-8-6-18-7-9-19/h2-5,10-11,16,18H,6-9H2,1H3/t16-/m0/s1. The molecule has 21 heavy (non-hydrogen) atoms. The van der Waals surface area contributed by atoms with Crippen LogP contribution >= 0.6 is 11.3 Å². The van der Waals surface area contributed by atoms with Gasteiger partial charge in [0, 0.05) is 31.1 Å². The van der Waals surface area contributed by atoms with Crippen molar-refractivity contribution in [1.82, 2.24) is 10.2 Å². The third-order valence-corrected chi connectivity index (χ3v) is 4.75. The van der Waals surface area contributed by atoms with Gasteiger partial charge < -0.3 is 10.1 Å². The molecule has 0 amide bonds. The molecular formula is C16H19FN2OS. The molecule has 0 spiro atoms. The van der Waals surface area contributed by atoms with Crippen LogP contribution in [-0.2, 0) is 0 Å². The molecule has 1 aliphatic heterocycles. The van der Waals surface area contributed by atoms with E-state index in [0.29, 0.717) is 5.75 Å². The van der Waals surface area contributed by atoms with E-state index in [9.17, 15) is 4.39 Å². The lowest BCUT2D eigenvalue weighted by atomic mass is 10.0. The summed E-state index contributed by atoms with van der Waals surface area (Å²) in [7, 11) is 1.49. The Bertz CT molecular complexity index is 582. The van der Waals surface area contributed by atoms with Crippen molar-refractivity contribution in [3.63, 3.8) is 0 Å². The molecule has 5 heteroatoms. The van der Waals surface area contributed by atoms with Gasteiger partial charge in [-0.1, -0.05) is 12.1 Å². The van der Waals surface area contributed by atoms with Crippen molar-refractivity contribution in [1.29, 1.82) is 0 Å². The predicted molar refractivity (Wildman–Crippen MR) is 83.6 cm³/mol. The molecule has 0 saturated carbocycles. The van der Waals surface area contributed by atoms with Crippen LogP contribution in [0.15, 0.2) is 35.7 Å². The molecule has 112 valence electrons. The Hall–Kier alpha value is -1.43. The fourth-order valence-corrected chi connectivity index (χ4v) is 3.68. The zero-order valence-electron chi connectivity index (χ0n) is 12.0. The number of ether oxygens (including phenoxy) is 1. The number of rotatable bonds is 4. The summed E-state index contributed by atoms with van der Waals surface area (Å²) in [6, 6.07) is 9.58. The zero-order valence-corrected chi connectivity index (χ0v) is 12.8. The van der Waals surface area contributed by atoms with E-state index in [1.165, 1.54) is 12.0 Å². The van der Waals surface area contributed by atoms with Crippen molar-refractivity contribution in [2.45, 2.75) is 6.04 Å². The van der Waals surface area contributed by atoms with E-state index in [2.05, 4.69) is 27.7 Å². The number of halogens is 1. The normalized spacial score (nSPS) is 17.6. The highest BCUT2D eigenvalue weighted by Crippen LogP contribution is 2.33. The molecule has 1 aromatic carbocycles. The van der Waals surface area contributed by atoms with Crippen LogP contribution in [0.4, 0.5) is 4.39 Å². The number of benzene rings is 1. The fourth-order valence-electron chi connectivity index (χ4n) is 2.79. The number of hydrogen-bond acceptors (Lipinski definition) is 4. The summed E-state index contributed by atoms with van der Waals surface area (Å²) in [5, 5.41) is 5.44. The minimum atomic E-state index is -0.299. The summed E-state index contributed by atoms with van der Waals surface area (Å²) in [6.45, 7) is 3.88. The number of hydrogen-bond donors (Lipinski definition) is 1. The van der Waals surface area contributed by atoms with Crippen LogP contribution < -0.4 is 10.1 Å². The molecular weight excluding hydrogens is 287 g/mol. The van der Waals surface area contributed by atoms with Gasteiger partial charge in [-0.3, -0.25) is 4.90 Å². The molecule has 2 heterocycles. The maximum atomic E-state index is 14.1. The Labute approximate surface area is 128 Å². The summed E-state index contributed by atoms with van der Waals surface area (Å²) < 4.78 is 19.1. The second-order valence-electron chi connectivity index (χ2n) is 5.10. The highest BCUT2D eigenvalue weighted by Gasteiger charge is 2.25. The molecule has 1 aromatic heterocycles. The van der Waals surface area contributed by atoms with Gasteiger partial charge in [0.2, 0.25) is 0 Å². The van der Waals surface area contributed by atoms with Gasteiger partial charge in [-0.25, -0.2) is 4.39 Å². The van der Waals surface area contributed by atoms with Gasteiger partial charge in [0.1, 0.15) is 0 Å². The van der Waals surface area contributed by atoms with Crippen molar-refractivity contribution in [3.8, 4) is 5.75 Å². The first-order chi connectivity index (χ1) is 10.3. The first kappa shape index (κ1) is 14.5. The molecule has 1 N–H and O–H groups in total. The Morgan fingerprint density at radius 2 is 2.10 bits per heavy atom. The Kier molecular flexibility index (Phi) is 4.53. The molecule has 1 atom stereocenters. The number of methoxy groups -OCH3 is 1. The van der Waals surface area contributed by atoms with E-state index in [1.807, 2.05) is 6.07 Å². The van der Waals surface area contributed by atoms with Gasteiger partial charge >= 0.3 is 0 Å². The highest BCUT2D eigenvalue weighted by molar-refractivity contribution is 7.10. The molecule has 1 saturated heterocycles. The number of thiophene rings is 1. The van der Waals surface area contributed by atoms with E-state index in [1.54, 1.807) is 23.5 Å². The first-order valence-corrected chi connectivity index (χ1v) is 7.99. The quantitative estimate of drug-likeness (QED) is 0.940. The van der Waals surface area contributed by atoms with Crippen LogP contribution in [0.3, 0.4) is 0 Å². The van der Waals surface area contributed by atoms with Crippen LogP contribution in [-0.4, -0.2) is 38.2 Å². The zero-order chi connectivity index (χ0) is 14.7. The molecule has 2 aromatic rings. The number of piperazine rings is 1.